The van der Waals surface area contributed by atoms with E-state index in [0.717, 1.165) is 17.9 Å². The standard InChI is InChI=1S/C22H20FN5OS/c23-15-8-4-9-16(12-15)27-11-5-10-17(27)13-18-19(24)28-22(25-20(18)29)30-21(26-28)14-6-2-1-3-7-14/h4-5,8-14,24H,1-3,6-7H2/b18-13+,24-19?. The fourth-order valence-corrected chi connectivity index (χ4v) is 5.10. The number of aliphatic imine (C=N–C) groups is 1. The second-order valence-electron chi connectivity index (χ2n) is 7.58. The molecule has 0 spiro atoms. The van der Waals surface area contributed by atoms with Gasteiger partial charge in [0.25, 0.3) is 5.91 Å². The van der Waals surface area contributed by atoms with E-state index in [2.05, 4.69) is 10.1 Å². The van der Waals surface area contributed by atoms with Crippen molar-refractivity contribution >= 4 is 39.8 Å². The van der Waals surface area contributed by atoms with Crippen molar-refractivity contribution in [2.75, 3.05) is 0 Å². The first-order valence-electron chi connectivity index (χ1n) is 10.0. The highest BCUT2D eigenvalue weighted by molar-refractivity contribution is 8.27. The molecule has 152 valence electrons. The first kappa shape index (κ1) is 19.0. The molecule has 8 heteroatoms. The number of thioether (sulfide) groups is 1. The zero-order chi connectivity index (χ0) is 20.7. The average Bonchev–Trinajstić information content (AvgIpc) is 3.39. The number of rotatable bonds is 3. The number of nitrogens with zero attached hydrogens (tertiary/aromatic N) is 4. The van der Waals surface area contributed by atoms with Crippen LogP contribution >= 0.6 is 11.8 Å². The van der Waals surface area contributed by atoms with E-state index in [0.29, 0.717) is 22.5 Å². The van der Waals surface area contributed by atoms with Crippen molar-refractivity contribution in [3.63, 3.8) is 0 Å². The van der Waals surface area contributed by atoms with Crippen LogP contribution in [0.1, 0.15) is 37.8 Å². The smallest absolute Gasteiger partial charge is 0.283 e. The van der Waals surface area contributed by atoms with Gasteiger partial charge in [-0.15, -0.1) is 0 Å². The molecule has 1 saturated carbocycles. The molecule has 1 aromatic heterocycles. The van der Waals surface area contributed by atoms with Crippen molar-refractivity contribution in [1.29, 1.82) is 5.41 Å². The normalized spacial score (nSPS) is 21.1. The van der Waals surface area contributed by atoms with Crippen LogP contribution in [0.4, 0.5) is 4.39 Å². The van der Waals surface area contributed by atoms with E-state index in [1.165, 1.54) is 48.2 Å². The van der Waals surface area contributed by atoms with E-state index in [1.54, 1.807) is 29.0 Å². The van der Waals surface area contributed by atoms with Crippen LogP contribution in [-0.4, -0.2) is 31.5 Å². The van der Waals surface area contributed by atoms with Crippen LogP contribution in [0.5, 0.6) is 0 Å². The average molecular weight is 422 g/mol. The lowest BCUT2D eigenvalue weighted by Gasteiger charge is -2.20. The number of hydrazone groups is 1. The maximum atomic E-state index is 13.7. The number of fused-ring (bicyclic) bond motifs is 1. The quantitative estimate of drug-likeness (QED) is 0.723. The van der Waals surface area contributed by atoms with Crippen LogP contribution in [0, 0.1) is 17.1 Å². The third-order valence-electron chi connectivity index (χ3n) is 5.58. The van der Waals surface area contributed by atoms with Gasteiger partial charge in [-0.2, -0.15) is 15.1 Å². The molecule has 1 fully saturated rings. The Balaban J connectivity index is 1.47. The Morgan fingerprint density at radius 3 is 2.80 bits per heavy atom. The molecule has 1 amide bonds. The Morgan fingerprint density at radius 1 is 1.17 bits per heavy atom. The lowest BCUT2D eigenvalue weighted by Crippen LogP contribution is -2.35. The summed E-state index contributed by atoms with van der Waals surface area (Å²) in [4.78, 5) is 16.9. The molecule has 0 saturated heterocycles. The summed E-state index contributed by atoms with van der Waals surface area (Å²) in [6.07, 6.45) is 9.23. The van der Waals surface area contributed by atoms with Crippen LogP contribution in [0.3, 0.4) is 0 Å². The summed E-state index contributed by atoms with van der Waals surface area (Å²) in [5.74, 6) is -0.382. The Labute approximate surface area is 177 Å². The summed E-state index contributed by atoms with van der Waals surface area (Å²) in [5.41, 5.74) is 1.47. The third kappa shape index (κ3) is 3.41. The number of hydrogen-bond donors (Lipinski definition) is 1. The highest BCUT2D eigenvalue weighted by Crippen LogP contribution is 2.36. The molecule has 2 aromatic rings. The maximum Gasteiger partial charge on any atom is 0.283 e. The second-order valence-corrected chi connectivity index (χ2v) is 8.56. The topological polar surface area (TPSA) is 73.8 Å². The van der Waals surface area contributed by atoms with Crippen molar-refractivity contribution in [3.05, 3.63) is 59.7 Å². The predicted molar refractivity (Wildman–Crippen MR) is 117 cm³/mol. The van der Waals surface area contributed by atoms with Crippen LogP contribution in [0.2, 0.25) is 0 Å². The number of carbonyl (C=O) groups is 1. The van der Waals surface area contributed by atoms with Gasteiger partial charge in [-0.05, 0) is 61.0 Å². The molecule has 5 rings (SSSR count). The fraction of sp³-hybridized carbons (Fsp3) is 0.273. The number of hydrogen-bond acceptors (Lipinski definition) is 4. The Kier molecular flexibility index (Phi) is 4.86. The van der Waals surface area contributed by atoms with Gasteiger partial charge in [0.1, 0.15) is 10.9 Å². The molecular weight excluding hydrogens is 401 g/mol. The Bertz CT molecular complexity index is 1130. The van der Waals surface area contributed by atoms with E-state index in [9.17, 15) is 9.18 Å². The van der Waals surface area contributed by atoms with Crippen molar-refractivity contribution in [1.82, 2.24) is 9.58 Å². The van der Waals surface area contributed by atoms with Crippen molar-refractivity contribution in [3.8, 4) is 5.69 Å². The van der Waals surface area contributed by atoms with Gasteiger partial charge in [0.2, 0.25) is 5.17 Å². The van der Waals surface area contributed by atoms with Gasteiger partial charge in [-0.3, -0.25) is 10.2 Å². The number of aromatic nitrogens is 1. The molecule has 3 heterocycles. The minimum absolute atomic E-state index is 0.0234. The SMILES string of the molecule is N=C1/C(=C\c2cccn2-c2cccc(F)c2)C(=O)N=C2SC(C3CCCCC3)=NN12. The highest BCUT2D eigenvalue weighted by Gasteiger charge is 2.38. The van der Waals surface area contributed by atoms with Gasteiger partial charge < -0.3 is 4.57 Å². The largest absolute Gasteiger partial charge is 0.317 e. The number of carbonyl (C=O) groups excluding carboxylic acids is 1. The number of nitrogens with one attached hydrogen (secondary N) is 1. The number of benzene rings is 1. The molecule has 1 N–H and O–H groups in total. The van der Waals surface area contributed by atoms with E-state index in [4.69, 9.17) is 5.41 Å². The molecule has 6 nitrogen and oxygen atoms in total. The molecule has 1 aromatic carbocycles. The van der Waals surface area contributed by atoms with Gasteiger partial charge >= 0.3 is 0 Å². The lowest BCUT2D eigenvalue weighted by atomic mass is 9.90. The molecule has 2 aliphatic heterocycles. The third-order valence-corrected chi connectivity index (χ3v) is 6.65. The molecule has 3 aliphatic rings. The second kappa shape index (κ2) is 7.68. The summed E-state index contributed by atoms with van der Waals surface area (Å²) < 4.78 is 15.4. The van der Waals surface area contributed by atoms with Gasteiger partial charge in [-0.1, -0.05) is 25.3 Å². The van der Waals surface area contributed by atoms with Crippen LogP contribution in [0.25, 0.3) is 11.8 Å². The first-order chi connectivity index (χ1) is 14.6. The maximum absolute atomic E-state index is 13.7. The molecule has 0 radical (unpaired) electrons. The van der Waals surface area contributed by atoms with E-state index >= 15 is 0 Å². The molecule has 0 atom stereocenters. The monoisotopic (exact) mass is 421 g/mol. The van der Waals surface area contributed by atoms with E-state index in [1.807, 2.05) is 12.1 Å². The van der Waals surface area contributed by atoms with Crippen LogP contribution in [-0.2, 0) is 4.79 Å². The summed E-state index contributed by atoms with van der Waals surface area (Å²) in [7, 11) is 0. The summed E-state index contributed by atoms with van der Waals surface area (Å²) in [6, 6.07) is 9.85. The number of halogens is 1. The van der Waals surface area contributed by atoms with E-state index in [-0.39, 0.29) is 17.2 Å². The molecule has 0 bridgehead atoms. The summed E-state index contributed by atoms with van der Waals surface area (Å²) in [6.45, 7) is 0. The summed E-state index contributed by atoms with van der Waals surface area (Å²) >= 11 is 1.41. The molecule has 30 heavy (non-hydrogen) atoms. The molecule has 1 aliphatic carbocycles. The number of amides is 1. The predicted octanol–water partition coefficient (Wildman–Crippen LogP) is 4.82. The first-order valence-corrected chi connectivity index (χ1v) is 10.9. The van der Waals surface area contributed by atoms with Crippen molar-refractivity contribution in [2.24, 2.45) is 16.0 Å². The Hall–Kier alpha value is -3.00. The van der Waals surface area contributed by atoms with Crippen molar-refractivity contribution < 1.29 is 9.18 Å². The minimum atomic E-state index is -0.453. The van der Waals surface area contributed by atoms with Crippen molar-refractivity contribution in [2.45, 2.75) is 32.1 Å². The van der Waals surface area contributed by atoms with Gasteiger partial charge in [0.15, 0.2) is 5.84 Å². The minimum Gasteiger partial charge on any atom is -0.317 e. The van der Waals surface area contributed by atoms with Gasteiger partial charge in [0.05, 0.1) is 5.57 Å². The molecule has 0 unspecified atom stereocenters. The molecular formula is C22H20FN5OS. The highest BCUT2D eigenvalue weighted by atomic mass is 32.2. The van der Waals surface area contributed by atoms with E-state index < -0.39 is 5.91 Å². The zero-order valence-corrected chi connectivity index (χ0v) is 17.0. The van der Waals surface area contributed by atoms with Crippen LogP contribution in [0.15, 0.2) is 58.3 Å². The van der Waals surface area contributed by atoms with Gasteiger partial charge in [0, 0.05) is 23.5 Å². The fourth-order valence-electron chi connectivity index (χ4n) is 4.04. The van der Waals surface area contributed by atoms with Crippen LogP contribution < -0.4 is 0 Å². The zero-order valence-electron chi connectivity index (χ0n) is 16.2. The Morgan fingerprint density at radius 2 is 2.00 bits per heavy atom. The van der Waals surface area contributed by atoms with Gasteiger partial charge in [-0.25, -0.2) is 4.39 Å². The lowest BCUT2D eigenvalue weighted by molar-refractivity contribution is -0.114. The summed E-state index contributed by atoms with van der Waals surface area (Å²) in [5, 5.41) is 16.1. The number of amidine groups is 2.